The van der Waals surface area contributed by atoms with E-state index in [0.717, 1.165) is 58.8 Å². The highest BCUT2D eigenvalue weighted by molar-refractivity contribution is 5.81. The molecule has 0 aromatic heterocycles. The van der Waals surface area contributed by atoms with Crippen LogP contribution in [0.15, 0.2) is 0 Å². The monoisotopic (exact) mass is 748 g/mol. The van der Waals surface area contributed by atoms with Gasteiger partial charge in [-0.3, -0.25) is 4.79 Å². The van der Waals surface area contributed by atoms with Gasteiger partial charge in [0.2, 0.25) is 5.91 Å². The number of nitrogens with two attached hydrogens (primary N) is 2. The van der Waals surface area contributed by atoms with Crippen LogP contribution in [0, 0.1) is 0 Å². The minimum Gasteiger partial charge on any atom is -0.339 e. The molecule has 1 saturated heterocycles. The molecule has 6 heteroatoms. The largest absolute Gasteiger partial charge is 0.339 e. The zero-order valence-electron chi connectivity index (χ0n) is 36.4. The molecule has 1 unspecified atom stereocenters. The van der Waals surface area contributed by atoms with Crippen molar-refractivity contribution in [2.24, 2.45) is 11.5 Å². The van der Waals surface area contributed by atoms with E-state index in [1.807, 2.05) is 0 Å². The molecule has 0 aliphatic carbocycles. The van der Waals surface area contributed by atoms with E-state index >= 15 is 0 Å². The summed E-state index contributed by atoms with van der Waals surface area (Å²) in [5.41, 5.74) is 12.1. The van der Waals surface area contributed by atoms with Crippen molar-refractivity contribution in [3.8, 4) is 0 Å². The van der Waals surface area contributed by atoms with Gasteiger partial charge in [0.1, 0.15) is 0 Å². The fourth-order valence-corrected chi connectivity index (χ4v) is 8.27. The lowest BCUT2D eigenvalue weighted by atomic mass is 10.0. The Morgan fingerprint density at radius 3 is 0.962 bits per heavy atom. The molecular formula is C47H97N5O. The van der Waals surface area contributed by atoms with Crippen LogP contribution in [0.25, 0.3) is 0 Å². The lowest BCUT2D eigenvalue weighted by Gasteiger charge is -2.28. The summed E-state index contributed by atoms with van der Waals surface area (Å²) in [5, 5.41) is 0. The molecule has 0 spiro atoms. The maximum absolute atomic E-state index is 13.4. The first-order valence-corrected chi connectivity index (χ1v) is 24.3. The Kier molecular flexibility index (Phi) is 37.5. The summed E-state index contributed by atoms with van der Waals surface area (Å²) in [6.07, 6.45) is 46.7. The van der Waals surface area contributed by atoms with Gasteiger partial charge in [-0.25, -0.2) is 0 Å². The highest BCUT2D eigenvalue weighted by Gasteiger charge is 2.23. The van der Waals surface area contributed by atoms with Crippen LogP contribution in [0.2, 0.25) is 0 Å². The number of carbonyl (C=O) groups is 1. The average molecular weight is 748 g/mol. The number of amides is 1. The van der Waals surface area contributed by atoms with Crippen molar-refractivity contribution in [3.05, 3.63) is 0 Å². The van der Waals surface area contributed by atoms with Gasteiger partial charge in [0.25, 0.3) is 0 Å². The van der Waals surface area contributed by atoms with Gasteiger partial charge in [0, 0.05) is 39.3 Å². The Balaban J connectivity index is 2.26. The Labute approximate surface area is 333 Å². The highest BCUT2D eigenvalue weighted by atomic mass is 16.2. The van der Waals surface area contributed by atoms with E-state index < -0.39 is 6.04 Å². The van der Waals surface area contributed by atoms with Gasteiger partial charge in [-0.05, 0) is 45.3 Å². The number of rotatable bonds is 38. The first-order valence-electron chi connectivity index (χ1n) is 24.3. The molecule has 1 aliphatic heterocycles. The number of nitrogens with zero attached hydrogens (tertiary/aromatic N) is 3. The SMILES string of the molecule is CCCCCCCCCCCCCCCCCCN1CCN(CCCCCCCCCCCCCCCCCC)CCN(C(=O)C(N)CCCN)CC1. The van der Waals surface area contributed by atoms with Crippen LogP contribution in [0.5, 0.6) is 0 Å². The van der Waals surface area contributed by atoms with Gasteiger partial charge in [0.05, 0.1) is 6.04 Å². The van der Waals surface area contributed by atoms with Crippen LogP contribution in [-0.2, 0) is 4.79 Å². The fourth-order valence-electron chi connectivity index (χ4n) is 8.27. The average Bonchev–Trinajstić information content (AvgIpc) is 3.27. The lowest BCUT2D eigenvalue weighted by Crippen LogP contribution is -2.48. The molecule has 0 aromatic carbocycles. The molecule has 0 aromatic rings. The molecule has 1 atom stereocenters. The number of hydrogen-bond acceptors (Lipinski definition) is 5. The van der Waals surface area contributed by atoms with Crippen molar-refractivity contribution in [2.75, 3.05) is 58.9 Å². The van der Waals surface area contributed by atoms with Gasteiger partial charge in [-0.15, -0.1) is 0 Å². The predicted octanol–water partition coefficient (Wildman–Crippen LogP) is 12.0. The Morgan fingerprint density at radius 2 is 0.679 bits per heavy atom. The zero-order chi connectivity index (χ0) is 38.3. The zero-order valence-corrected chi connectivity index (χ0v) is 36.4. The standard InChI is InChI=1S/C47H97N5O/c1-3-5-7-9-11-13-15-17-19-21-23-25-27-29-31-33-38-50-40-41-51(43-45-52(44-42-50)47(53)46(49)36-35-37-48)39-34-32-30-28-26-24-22-20-18-16-14-12-10-8-6-4-2/h46H,3-45,48-49H2,1-2H3. The summed E-state index contributed by atoms with van der Waals surface area (Å²) in [6.45, 7) is 13.3. The van der Waals surface area contributed by atoms with Crippen molar-refractivity contribution in [3.63, 3.8) is 0 Å². The molecule has 1 aliphatic rings. The summed E-state index contributed by atoms with van der Waals surface area (Å²) in [5.74, 6) is 0.130. The summed E-state index contributed by atoms with van der Waals surface area (Å²) in [4.78, 5) is 20.7. The van der Waals surface area contributed by atoms with E-state index in [9.17, 15) is 4.79 Å². The van der Waals surface area contributed by atoms with Crippen molar-refractivity contribution in [1.82, 2.24) is 14.7 Å². The lowest BCUT2D eigenvalue weighted by molar-refractivity contribution is -0.133. The van der Waals surface area contributed by atoms with Gasteiger partial charge < -0.3 is 26.2 Å². The third kappa shape index (κ3) is 32.1. The van der Waals surface area contributed by atoms with E-state index in [1.165, 1.54) is 205 Å². The van der Waals surface area contributed by atoms with Gasteiger partial charge >= 0.3 is 0 Å². The molecule has 4 N–H and O–H groups in total. The minimum absolute atomic E-state index is 0.130. The summed E-state index contributed by atoms with van der Waals surface area (Å²) in [7, 11) is 0. The molecule has 1 amide bonds. The minimum atomic E-state index is -0.415. The van der Waals surface area contributed by atoms with Crippen molar-refractivity contribution >= 4 is 5.91 Å². The molecule has 1 rings (SSSR count). The quantitative estimate of drug-likeness (QED) is 0.0615. The first-order chi connectivity index (χ1) is 26.1. The number of carbonyl (C=O) groups excluding carboxylic acids is 1. The third-order valence-corrected chi connectivity index (χ3v) is 12.1. The predicted molar refractivity (Wildman–Crippen MR) is 235 cm³/mol. The van der Waals surface area contributed by atoms with Crippen LogP contribution in [0.1, 0.15) is 232 Å². The van der Waals surface area contributed by atoms with Gasteiger partial charge in [-0.1, -0.05) is 206 Å². The van der Waals surface area contributed by atoms with Crippen molar-refractivity contribution < 1.29 is 4.79 Å². The normalized spacial score (nSPS) is 15.4. The summed E-state index contributed by atoms with van der Waals surface area (Å²) >= 11 is 0. The first kappa shape index (κ1) is 50.3. The van der Waals surface area contributed by atoms with Crippen molar-refractivity contribution in [1.29, 1.82) is 0 Å². The number of hydrogen-bond donors (Lipinski definition) is 2. The van der Waals surface area contributed by atoms with Gasteiger partial charge in [-0.2, -0.15) is 0 Å². The Morgan fingerprint density at radius 1 is 0.415 bits per heavy atom. The molecule has 1 fully saturated rings. The summed E-state index contributed by atoms with van der Waals surface area (Å²) in [6, 6.07) is -0.415. The molecule has 0 bridgehead atoms. The molecule has 316 valence electrons. The second kappa shape index (κ2) is 39.5. The Hall–Kier alpha value is -0.690. The topological polar surface area (TPSA) is 78.8 Å². The molecular weight excluding hydrogens is 651 g/mol. The van der Waals surface area contributed by atoms with Crippen LogP contribution in [0.3, 0.4) is 0 Å². The highest BCUT2D eigenvalue weighted by Crippen LogP contribution is 2.16. The van der Waals surface area contributed by atoms with Gasteiger partial charge in [0.15, 0.2) is 0 Å². The molecule has 1 heterocycles. The van der Waals surface area contributed by atoms with E-state index in [0.29, 0.717) is 13.0 Å². The second-order valence-corrected chi connectivity index (χ2v) is 17.2. The molecule has 0 radical (unpaired) electrons. The fraction of sp³-hybridized carbons (Fsp3) is 0.979. The van der Waals surface area contributed by atoms with Crippen LogP contribution in [-0.4, -0.2) is 85.6 Å². The maximum atomic E-state index is 13.4. The number of unbranched alkanes of at least 4 members (excludes halogenated alkanes) is 30. The van der Waals surface area contributed by atoms with Crippen LogP contribution >= 0.6 is 0 Å². The van der Waals surface area contributed by atoms with E-state index in [-0.39, 0.29) is 5.91 Å². The van der Waals surface area contributed by atoms with E-state index in [1.54, 1.807) is 0 Å². The molecule has 53 heavy (non-hydrogen) atoms. The Bertz CT molecular complexity index is 702. The summed E-state index contributed by atoms with van der Waals surface area (Å²) < 4.78 is 0. The van der Waals surface area contributed by atoms with Crippen molar-refractivity contribution in [2.45, 2.75) is 238 Å². The van der Waals surface area contributed by atoms with Crippen LogP contribution < -0.4 is 11.5 Å². The second-order valence-electron chi connectivity index (χ2n) is 17.2. The third-order valence-electron chi connectivity index (χ3n) is 12.1. The maximum Gasteiger partial charge on any atom is 0.239 e. The van der Waals surface area contributed by atoms with Crippen LogP contribution in [0.4, 0.5) is 0 Å². The molecule has 0 saturated carbocycles. The molecule has 6 nitrogen and oxygen atoms in total. The smallest absolute Gasteiger partial charge is 0.239 e. The van der Waals surface area contributed by atoms with E-state index in [2.05, 4.69) is 28.5 Å². The van der Waals surface area contributed by atoms with E-state index in [4.69, 9.17) is 11.5 Å².